The maximum absolute atomic E-state index is 12.6. The predicted molar refractivity (Wildman–Crippen MR) is 92.2 cm³/mol. The molecule has 0 atom stereocenters. The van der Waals surface area contributed by atoms with Gasteiger partial charge in [-0.15, -0.1) is 0 Å². The summed E-state index contributed by atoms with van der Waals surface area (Å²) in [6.07, 6.45) is 5.47. The monoisotopic (exact) mass is 337 g/mol. The van der Waals surface area contributed by atoms with Crippen molar-refractivity contribution in [3.8, 4) is 5.75 Å². The number of carbonyl (C=O) groups is 1. The van der Waals surface area contributed by atoms with Crippen LogP contribution in [0.1, 0.15) is 18.5 Å². The molecular weight excluding hydrogens is 318 g/mol. The molecule has 128 valence electrons. The highest BCUT2D eigenvalue weighted by molar-refractivity contribution is 5.86. The molecule has 1 aliphatic heterocycles. The largest absolute Gasteiger partial charge is 0.489 e. The minimum Gasteiger partial charge on any atom is -0.489 e. The van der Waals surface area contributed by atoms with E-state index in [-0.39, 0.29) is 18.4 Å². The summed E-state index contributed by atoms with van der Waals surface area (Å²) in [5, 5.41) is 4.95. The maximum atomic E-state index is 12.6. The Morgan fingerprint density at radius 2 is 2.04 bits per heavy atom. The molecule has 1 fully saturated rings. The molecular formula is C19H19N3O3. The fourth-order valence-electron chi connectivity index (χ4n) is 3.15. The van der Waals surface area contributed by atoms with Gasteiger partial charge in [0, 0.05) is 37.5 Å². The first kappa shape index (κ1) is 15.6. The molecule has 4 rings (SSSR count). The number of fused-ring (bicyclic) bond motifs is 1. The molecule has 3 aromatic rings. The predicted octanol–water partition coefficient (Wildman–Crippen LogP) is 2.84. The van der Waals surface area contributed by atoms with Crippen LogP contribution in [0.25, 0.3) is 11.0 Å². The van der Waals surface area contributed by atoms with E-state index in [4.69, 9.17) is 9.26 Å². The summed E-state index contributed by atoms with van der Waals surface area (Å²) < 4.78 is 11.2. The SMILES string of the molecule is O=C(Cc1noc2ccccc12)N1CCC(Oc2cccnc2)CC1. The third kappa shape index (κ3) is 3.47. The highest BCUT2D eigenvalue weighted by Gasteiger charge is 2.25. The average molecular weight is 337 g/mol. The second kappa shape index (κ2) is 6.93. The highest BCUT2D eigenvalue weighted by atomic mass is 16.5. The average Bonchev–Trinajstić information content (AvgIpc) is 3.06. The fraction of sp³-hybridized carbons (Fsp3) is 0.316. The van der Waals surface area contributed by atoms with Crippen LogP contribution in [0.5, 0.6) is 5.75 Å². The number of carbonyl (C=O) groups excluding carboxylic acids is 1. The van der Waals surface area contributed by atoms with Crippen molar-refractivity contribution in [3.05, 3.63) is 54.5 Å². The van der Waals surface area contributed by atoms with Gasteiger partial charge < -0.3 is 14.2 Å². The van der Waals surface area contributed by atoms with Gasteiger partial charge in [-0.05, 0) is 24.3 Å². The van der Waals surface area contributed by atoms with Gasteiger partial charge in [0.05, 0.1) is 12.6 Å². The molecule has 25 heavy (non-hydrogen) atoms. The molecule has 0 bridgehead atoms. The van der Waals surface area contributed by atoms with Gasteiger partial charge >= 0.3 is 0 Å². The van der Waals surface area contributed by atoms with Crippen LogP contribution in [-0.4, -0.2) is 40.1 Å². The second-order valence-corrected chi connectivity index (χ2v) is 6.19. The number of piperidine rings is 1. The third-order valence-electron chi connectivity index (χ3n) is 4.50. The van der Waals surface area contributed by atoms with Crippen LogP contribution in [0.4, 0.5) is 0 Å². The molecule has 0 aliphatic carbocycles. The molecule has 0 spiro atoms. The van der Waals surface area contributed by atoms with E-state index in [2.05, 4.69) is 10.1 Å². The van der Waals surface area contributed by atoms with Gasteiger partial charge in [-0.1, -0.05) is 17.3 Å². The van der Waals surface area contributed by atoms with Gasteiger partial charge in [0.1, 0.15) is 17.5 Å². The van der Waals surface area contributed by atoms with Gasteiger partial charge in [-0.25, -0.2) is 0 Å². The topological polar surface area (TPSA) is 68.5 Å². The summed E-state index contributed by atoms with van der Waals surface area (Å²) in [6.45, 7) is 1.39. The molecule has 1 amide bonds. The first-order valence-corrected chi connectivity index (χ1v) is 8.47. The molecule has 1 aromatic carbocycles. The Morgan fingerprint density at radius 1 is 1.20 bits per heavy atom. The summed E-state index contributed by atoms with van der Waals surface area (Å²) in [4.78, 5) is 18.5. The van der Waals surface area contributed by atoms with Gasteiger partial charge in [-0.2, -0.15) is 0 Å². The van der Waals surface area contributed by atoms with Crippen molar-refractivity contribution in [2.45, 2.75) is 25.4 Å². The molecule has 0 saturated carbocycles. The van der Waals surface area contributed by atoms with E-state index in [1.807, 2.05) is 41.3 Å². The lowest BCUT2D eigenvalue weighted by atomic mass is 10.1. The van der Waals surface area contributed by atoms with Gasteiger partial charge in [0.2, 0.25) is 5.91 Å². The Hall–Kier alpha value is -2.89. The number of ether oxygens (including phenoxy) is 1. The number of para-hydroxylation sites is 1. The Morgan fingerprint density at radius 3 is 2.84 bits per heavy atom. The number of aromatic nitrogens is 2. The summed E-state index contributed by atoms with van der Waals surface area (Å²) in [5.74, 6) is 0.861. The molecule has 0 unspecified atom stereocenters. The lowest BCUT2D eigenvalue weighted by molar-refractivity contribution is -0.132. The lowest BCUT2D eigenvalue weighted by Gasteiger charge is -2.32. The van der Waals surface area contributed by atoms with E-state index in [1.165, 1.54) is 0 Å². The van der Waals surface area contributed by atoms with Crippen molar-refractivity contribution in [1.29, 1.82) is 0 Å². The van der Waals surface area contributed by atoms with Crippen molar-refractivity contribution in [2.24, 2.45) is 0 Å². The maximum Gasteiger partial charge on any atom is 0.228 e. The normalized spacial score (nSPS) is 15.4. The smallest absolute Gasteiger partial charge is 0.228 e. The Kier molecular flexibility index (Phi) is 4.33. The number of pyridine rings is 1. The van der Waals surface area contributed by atoms with Crippen molar-refractivity contribution < 1.29 is 14.1 Å². The first-order chi connectivity index (χ1) is 12.3. The highest BCUT2D eigenvalue weighted by Crippen LogP contribution is 2.21. The van der Waals surface area contributed by atoms with Crippen LogP contribution in [0.3, 0.4) is 0 Å². The van der Waals surface area contributed by atoms with E-state index in [0.29, 0.717) is 24.4 Å². The molecule has 0 radical (unpaired) electrons. The molecule has 3 heterocycles. The summed E-state index contributed by atoms with van der Waals surface area (Å²) in [5.41, 5.74) is 1.42. The number of likely N-dealkylation sites (tertiary alicyclic amines) is 1. The Balaban J connectivity index is 1.33. The Bertz CT molecular complexity index is 854. The van der Waals surface area contributed by atoms with Crippen LogP contribution >= 0.6 is 0 Å². The van der Waals surface area contributed by atoms with Crippen LogP contribution < -0.4 is 4.74 Å². The van der Waals surface area contributed by atoms with E-state index in [0.717, 1.165) is 24.0 Å². The summed E-state index contributed by atoms with van der Waals surface area (Å²) in [7, 11) is 0. The van der Waals surface area contributed by atoms with Gasteiger partial charge in [-0.3, -0.25) is 9.78 Å². The van der Waals surface area contributed by atoms with Crippen LogP contribution in [0.15, 0.2) is 53.3 Å². The number of rotatable bonds is 4. The van der Waals surface area contributed by atoms with Crippen LogP contribution in [-0.2, 0) is 11.2 Å². The van der Waals surface area contributed by atoms with Crippen molar-refractivity contribution in [2.75, 3.05) is 13.1 Å². The quantitative estimate of drug-likeness (QED) is 0.732. The first-order valence-electron chi connectivity index (χ1n) is 8.47. The number of hydrogen-bond donors (Lipinski definition) is 0. The molecule has 1 saturated heterocycles. The van der Waals surface area contributed by atoms with Crippen molar-refractivity contribution in [3.63, 3.8) is 0 Å². The van der Waals surface area contributed by atoms with Gasteiger partial charge in [0.25, 0.3) is 0 Å². The second-order valence-electron chi connectivity index (χ2n) is 6.19. The summed E-state index contributed by atoms with van der Waals surface area (Å²) >= 11 is 0. The van der Waals surface area contributed by atoms with Crippen LogP contribution in [0.2, 0.25) is 0 Å². The van der Waals surface area contributed by atoms with E-state index < -0.39 is 0 Å². The van der Waals surface area contributed by atoms with Gasteiger partial charge in [0.15, 0.2) is 5.58 Å². The van der Waals surface area contributed by atoms with Crippen molar-refractivity contribution in [1.82, 2.24) is 15.0 Å². The summed E-state index contributed by atoms with van der Waals surface area (Å²) in [6, 6.07) is 11.4. The number of benzene rings is 1. The van der Waals surface area contributed by atoms with E-state index in [9.17, 15) is 4.79 Å². The Labute approximate surface area is 145 Å². The molecule has 1 aliphatic rings. The number of nitrogens with zero attached hydrogens (tertiary/aromatic N) is 3. The zero-order chi connectivity index (χ0) is 17.1. The fourth-order valence-corrected chi connectivity index (χ4v) is 3.15. The zero-order valence-corrected chi connectivity index (χ0v) is 13.8. The van der Waals surface area contributed by atoms with Crippen molar-refractivity contribution >= 4 is 16.9 Å². The minimum absolute atomic E-state index is 0.0823. The number of hydrogen-bond acceptors (Lipinski definition) is 5. The lowest BCUT2D eigenvalue weighted by Crippen LogP contribution is -2.42. The third-order valence-corrected chi connectivity index (χ3v) is 4.50. The zero-order valence-electron chi connectivity index (χ0n) is 13.8. The molecule has 0 N–H and O–H groups in total. The molecule has 6 nitrogen and oxygen atoms in total. The van der Waals surface area contributed by atoms with E-state index >= 15 is 0 Å². The number of amides is 1. The van der Waals surface area contributed by atoms with Crippen LogP contribution in [0, 0.1) is 0 Å². The molecule has 2 aromatic heterocycles. The standard InChI is InChI=1S/C19H19N3O3/c23-19(12-17-16-5-1-2-6-18(16)25-21-17)22-10-7-14(8-11-22)24-15-4-3-9-20-13-15/h1-6,9,13-14H,7-8,10-12H2. The molecule has 6 heteroatoms. The van der Waals surface area contributed by atoms with E-state index in [1.54, 1.807) is 12.4 Å². The minimum atomic E-state index is 0.0823.